The van der Waals surface area contributed by atoms with E-state index in [9.17, 15) is 15.0 Å². The van der Waals surface area contributed by atoms with Crippen molar-refractivity contribution >= 4 is 5.91 Å². The van der Waals surface area contributed by atoms with Crippen molar-refractivity contribution in [3.05, 3.63) is 23.8 Å². The first kappa shape index (κ1) is 12.7. The Morgan fingerprint density at radius 1 is 1.39 bits per heavy atom. The lowest BCUT2D eigenvalue weighted by molar-refractivity contribution is 0.0912. The number of hydrogen-bond donors (Lipinski definition) is 3. The van der Waals surface area contributed by atoms with Crippen LogP contribution < -0.4 is 5.32 Å². The number of amides is 1. The molecule has 1 amide bonds. The third kappa shape index (κ3) is 2.73. The molecule has 1 fully saturated rings. The van der Waals surface area contributed by atoms with E-state index in [1.807, 2.05) is 0 Å². The highest BCUT2D eigenvalue weighted by Crippen LogP contribution is 2.24. The minimum Gasteiger partial charge on any atom is -0.508 e. The van der Waals surface area contributed by atoms with Crippen LogP contribution in [0, 0.1) is 0 Å². The number of hydrogen-bond acceptors (Lipinski definition) is 4. The van der Waals surface area contributed by atoms with E-state index in [0.717, 1.165) is 19.3 Å². The molecule has 0 bridgehead atoms. The molecule has 5 heteroatoms. The monoisotopic (exact) mass is 251 g/mol. The topological polar surface area (TPSA) is 78.8 Å². The van der Waals surface area contributed by atoms with Gasteiger partial charge in [0.15, 0.2) is 0 Å². The van der Waals surface area contributed by atoms with Crippen LogP contribution in [0.2, 0.25) is 0 Å². The van der Waals surface area contributed by atoms with Crippen molar-refractivity contribution in [2.75, 3.05) is 7.11 Å². The van der Waals surface area contributed by atoms with Crippen LogP contribution in [0.3, 0.4) is 0 Å². The number of carbonyl (C=O) groups excluding carboxylic acids is 1. The van der Waals surface area contributed by atoms with Crippen molar-refractivity contribution in [3.63, 3.8) is 0 Å². The predicted octanol–water partition coefficient (Wildman–Crippen LogP) is 1.40. The van der Waals surface area contributed by atoms with Gasteiger partial charge in [0.05, 0.1) is 11.7 Å². The summed E-state index contributed by atoms with van der Waals surface area (Å²) in [6.45, 7) is 0. The molecule has 3 N–H and O–H groups in total. The Labute approximate surface area is 105 Å². The second-order valence-corrected chi connectivity index (χ2v) is 4.54. The summed E-state index contributed by atoms with van der Waals surface area (Å²) in [5.74, 6) is -0.545. The van der Waals surface area contributed by atoms with Crippen molar-refractivity contribution in [3.8, 4) is 11.5 Å². The van der Waals surface area contributed by atoms with Crippen LogP contribution in [0.1, 0.15) is 29.6 Å². The molecule has 0 spiro atoms. The van der Waals surface area contributed by atoms with Crippen LogP contribution in [0.4, 0.5) is 0 Å². The van der Waals surface area contributed by atoms with Gasteiger partial charge in [-0.25, -0.2) is 0 Å². The van der Waals surface area contributed by atoms with Crippen LogP contribution >= 0.6 is 0 Å². The van der Waals surface area contributed by atoms with Crippen LogP contribution in [0.25, 0.3) is 0 Å². The molecular formula is C13H17NO4. The Morgan fingerprint density at radius 3 is 2.83 bits per heavy atom. The van der Waals surface area contributed by atoms with E-state index in [0.29, 0.717) is 0 Å². The molecule has 1 saturated carbocycles. The number of methoxy groups -OCH3 is 1. The first-order chi connectivity index (χ1) is 8.60. The van der Waals surface area contributed by atoms with Gasteiger partial charge in [0.2, 0.25) is 0 Å². The number of nitrogens with one attached hydrogen (secondary N) is 1. The molecule has 1 aromatic rings. The summed E-state index contributed by atoms with van der Waals surface area (Å²) in [5, 5.41) is 21.7. The van der Waals surface area contributed by atoms with Crippen molar-refractivity contribution in [1.29, 1.82) is 0 Å². The summed E-state index contributed by atoms with van der Waals surface area (Å²) < 4.78 is 5.23. The highest BCUT2D eigenvalue weighted by atomic mass is 16.5. The second kappa shape index (κ2) is 5.27. The van der Waals surface area contributed by atoms with Gasteiger partial charge >= 0.3 is 0 Å². The first-order valence-electron chi connectivity index (χ1n) is 5.95. The third-order valence-electron chi connectivity index (χ3n) is 3.28. The van der Waals surface area contributed by atoms with Crippen molar-refractivity contribution in [2.45, 2.75) is 31.4 Å². The third-order valence-corrected chi connectivity index (χ3v) is 3.28. The van der Waals surface area contributed by atoms with Crippen molar-refractivity contribution in [2.24, 2.45) is 0 Å². The van der Waals surface area contributed by atoms with Gasteiger partial charge in [-0.05, 0) is 37.5 Å². The number of benzene rings is 1. The number of carbonyl (C=O) groups is 1. The zero-order valence-corrected chi connectivity index (χ0v) is 10.2. The van der Waals surface area contributed by atoms with Gasteiger partial charge in [-0.2, -0.15) is 0 Å². The Bertz CT molecular complexity index is 447. The average molecular weight is 251 g/mol. The smallest absolute Gasteiger partial charge is 0.255 e. The van der Waals surface area contributed by atoms with Gasteiger partial charge in [0, 0.05) is 13.2 Å². The average Bonchev–Trinajstić information content (AvgIpc) is 2.80. The first-order valence-corrected chi connectivity index (χ1v) is 5.95. The molecule has 5 nitrogen and oxygen atoms in total. The van der Waals surface area contributed by atoms with Crippen LogP contribution in [-0.4, -0.2) is 35.4 Å². The molecule has 1 aliphatic carbocycles. The highest BCUT2D eigenvalue weighted by Gasteiger charge is 2.26. The van der Waals surface area contributed by atoms with Gasteiger partial charge in [0.25, 0.3) is 5.91 Å². The largest absolute Gasteiger partial charge is 0.508 e. The van der Waals surface area contributed by atoms with E-state index in [1.165, 1.54) is 18.2 Å². The molecule has 98 valence electrons. The zero-order chi connectivity index (χ0) is 13.1. The lowest BCUT2D eigenvalue weighted by atomic mass is 10.1. The van der Waals surface area contributed by atoms with E-state index >= 15 is 0 Å². The van der Waals surface area contributed by atoms with Crippen molar-refractivity contribution in [1.82, 2.24) is 5.32 Å². The lowest BCUT2D eigenvalue weighted by Gasteiger charge is -2.13. The van der Waals surface area contributed by atoms with Gasteiger partial charge in [0.1, 0.15) is 11.5 Å². The highest BCUT2D eigenvalue weighted by molar-refractivity contribution is 5.97. The van der Waals surface area contributed by atoms with Crippen molar-refractivity contribution < 1.29 is 19.7 Å². The Balaban J connectivity index is 2.02. The summed E-state index contributed by atoms with van der Waals surface area (Å²) in [4.78, 5) is 11.9. The molecule has 2 rings (SSSR count). The SMILES string of the molecule is COC1CCC(NC(=O)c2cc(O)ccc2O)C1. The summed E-state index contributed by atoms with van der Waals surface area (Å²) in [6.07, 6.45) is 2.76. The maximum atomic E-state index is 11.9. The standard InChI is InChI=1S/C13H17NO4/c1-18-10-4-2-8(6-10)14-13(17)11-7-9(15)3-5-12(11)16/h3,5,7-8,10,15-16H,2,4,6H2,1H3,(H,14,17). The molecule has 0 saturated heterocycles. The van der Waals surface area contributed by atoms with Gasteiger partial charge in [-0.1, -0.05) is 0 Å². The molecule has 1 aromatic carbocycles. The van der Waals surface area contributed by atoms with Crippen LogP contribution in [-0.2, 0) is 4.74 Å². The second-order valence-electron chi connectivity index (χ2n) is 4.54. The fourth-order valence-electron chi connectivity index (χ4n) is 2.25. The number of ether oxygens (including phenoxy) is 1. The lowest BCUT2D eigenvalue weighted by Crippen LogP contribution is -2.33. The Morgan fingerprint density at radius 2 is 2.17 bits per heavy atom. The van der Waals surface area contributed by atoms with E-state index in [4.69, 9.17) is 4.74 Å². The van der Waals surface area contributed by atoms with Crippen LogP contribution in [0.15, 0.2) is 18.2 Å². The summed E-state index contributed by atoms with van der Waals surface area (Å²) in [7, 11) is 1.66. The quantitative estimate of drug-likeness (QED) is 0.709. The van der Waals surface area contributed by atoms with E-state index in [1.54, 1.807) is 7.11 Å². The normalized spacial score (nSPS) is 22.9. The fraction of sp³-hybridized carbons (Fsp3) is 0.462. The Kier molecular flexibility index (Phi) is 3.72. The summed E-state index contributed by atoms with van der Waals surface area (Å²) >= 11 is 0. The van der Waals surface area contributed by atoms with Gasteiger partial charge in [-0.3, -0.25) is 4.79 Å². The minimum absolute atomic E-state index is 0.0425. The van der Waals surface area contributed by atoms with Gasteiger partial charge in [-0.15, -0.1) is 0 Å². The maximum absolute atomic E-state index is 11.9. The maximum Gasteiger partial charge on any atom is 0.255 e. The Hall–Kier alpha value is -1.75. The fourth-order valence-corrected chi connectivity index (χ4v) is 2.25. The predicted molar refractivity (Wildman–Crippen MR) is 65.7 cm³/mol. The molecule has 0 radical (unpaired) electrons. The molecular weight excluding hydrogens is 234 g/mol. The zero-order valence-electron chi connectivity index (χ0n) is 10.2. The summed E-state index contributed by atoms with van der Waals surface area (Å²) in [6, 6.07) is 3.96. The molecule has 18 heavy (non-hydrogen) atoms. The van der Waals surface area contributed by atoms with Crippen LogP contribution in [0.5, 0.6) is 11.5 Å². The minimum atomic E-state index is -0.370. The molecule has 0 aromatic heterocycles. The van der Waals surface area contributed by atoms with E-state index in [-0.39, 0.29) is 35.1 Å². The number of rotatable bonds is 3. The number of aromatic hydroxyl groups is 2. The molecule has 2 unspecified atom stereocenters. The van der Waals surface area contributed by atoms with Gasteiger partial charge < -0.3 is 20.3 Å². The molecule has 2 atom stereocenters. The molecule has 0 aliphatic heterocycles. The molecule has 1 aliphatic rings. The van der Waals surface area contributed by atoms with E-state index < -0.39 is 0 Å². The number of phenolic OH excluding ortho intramolecular Hbond substituents is 2. The van der Waals surface area contributed by atoms with E-state index in [2.05, 4.69) is 5.32 Å². The molecule has 0 heterocycles. The number of phenols is 2. The summed E-state index contributed by atoms with van der Waals surface area (Å²) in [5.41, 5.74) is 0.0934.